The van der Waals surface area contributed by atoms with Crippen molar-refractivity contribution in [1.29, 1.82) is 0 Å². The number of ether oxygens (including phenoxy) is 1. The van der Waals surface area contributed by atoms with Crippen LogP contribution in [-0.4, -0.2) is 47.4 Å². The molecule has 0 bridgehead atoms. The van der Waals surface area contributed by atoms with Crippen LogP contribution in [0.25, 0.3) is 0 Å². The highest BCUT2D eigenvalue weighted by atomic mass is 16.5. The highest BCUT2D eigenvalue weighted by Gasteiger charge is 2.18. The molecule has 3 N–H and O–H groups in total. The standard InChI is InChI=1S/C64H119NO5/c1-3-5-7-9-11-13-15-17-18-27-31-34-38-42-46-50-54-58-64(69)70-59-55-51-47-43-39-35-32-29-26-24-22-20-19-21-23-25-28-30-33-37-41-45-49-53-57-63(68)65-61(60-66)62(67)56-52-48-44-40-36-16-14-12-10-8-6-4-2/h11,13,17-18,21,23,52,56,61-62,66-67H,3-10,12,14-16,19-20,22,24-51,53-55,57-60H2,1-2H3,(H,65,68)/b13-11-,18-17-,23-21-,56-52+. The lowest BCUT2D eigenvalue weighted by Gasteiger charge is -2.20. The fourth-order valence-corrected chi connectivity index (χ4v) is 9.31. The summed E-state index contributed by atoms with van der Waals surface area (Å²) >= 11 is 0. The van der Waals surface area contributed by atoms with Crippen molar-refractivity contribution in [1.82, 2.24) is 5.32 Å². The molecular weight excluding hydrogens is 863 g/mol. The SMILES string of the molecule is CCCCC/C=C\C/C=C\CCCCCCCCCC(=O)OCCCCCCCCCCCCCC/C=C\CCCCCCCCCCC(=O)NC(CO)C(O)/C=C/CCCCCCCCCCCC. The molecule has 0 fully saturated rings. The monoisotopic (exact) mass is 982 g/mol. The first-order valence-corrected chi connectivity index (χ1v) is 30.9. The second-order valence-electron chi connectivity index (χ2n) is 21.0. The van der Waals surface area contributed by atoms with E-state index < -0.39 is 12.1 Å². The Morgan fingerprint density at radius 2 is 0.714 bits per heavy atom. The number of hydrogen-bond acceptors (Lipinski definition) is 5. The molecule has 2 atom stereocenters. The molecule has 0 rings (SSSR count). The minimum Gasteiger partial charge on any atom is -0.466 e. The largest absolute Gasteiger partial charge is 0.466 e. The van der Waals surface area contributed by atoms with Crippen molar-refractivity contribution in [3.8, 4) is 0 Å². The maximum Gasteiger partial charge on any atom is 0.305 e. The molecule has 0 aliphatic rings. The first kappa shape index (κ1) is 67.8. The Labute approximate surface area is 436 Å². The van der Waals surface area contributed by atoms with Crippen molar-refractivity contribution < 1.29 is 24.5 Å². The van der Waals surface area contributed by atoms with Gasteiger partial charge in [0, 0.05) is 12.8 Å². The second kappa shape index (κ2) is 59.4. The maximum atomic E-state index is 12.4. The van der Waals surface area contributed by atoms with Gasteiger partial charge in [0.25, 0.3) is 0 Å². The number of aliphatic hydroxyl groups excluding tert-OH is 2. The van der Waals surface area contributed by atoms with E-state index in [0.717, 1.165) is 51.4 Å². The Kier molecular flexibility index (Phi) is 57.5. The van der Waals surface area contributed by atoms with Crippen molar-refractivity contribution in [2.24, 2.45) is 0 Å². The average Bonchev–Trinajstić information content (AvgIpc) is 3.36. The van der Waals surface area contributed by atoms with Gasteiger partial charge in [-0.1, -0.05) is 268 Å². The fourth-order valence-electron chi connectivity index (χ4n) is 9.31. The van der Waals surface area contributed by atoms with Crippen molar-refractivity contribution in [3.05, 3.63) is 48.6 Å². The van der Waals surface area contributed by atoms with Crippen LogP contribution in [0.3, 0.4) is 0 Å². The molecule has 0 aromatic carbocycles. The predicted octanol–water partition coefficient (Wildman–Crippen LogP) is 19.4. The zero-order chi connectivity index (χ0) is 50.7. The number of carbonyl (C=O) groups excluding carboxylic acids is 2. The van der Waals surface area contributed by atoms with E-state index in [2.05, 4.69) is 55.6 Å². The number of rotatable bonds is 57. The van der Waals surface area contributed by atoms with Crippen LogP contribution in [0, 0.1) is 0 Å². The van der Waals surface area contributed by atoms with E-state index in [1.807, 2.05) is 6.08 Å². The van der Waals surface area contributed by atoms with Gasteiger partial charge in [-0.25, -0.2) is 0 Å². The van der Waals surface area contributed by atoms with Crippen LogP contribution >= 0.6 is 0 Å². The topological polar surface area (TPSA) is 95.9 Å². The van der Waals surface area contributed by atoms with Crippen LogP contribution in [0.2, 0.25) is 0 Å². The van der Waals surface area contributed by atoms with E-state index in [1.54, 1.807) is 6.08 Å². The van der Waals surface area contributed by atoms with Crippen LogP contribution in [0.4, 0.5) is 0 Å². The molecule has 0 aromatic heterocycles. The quantitative estimate of drug-likeness (QED) is 0.0321. The number of esters is 1. The van der Waals surface area contributed by atoms with Crippen LogP contribution < -0.4 is 5.32 Å². The summed E-state index contributed by atoms with van der Waals surface area (Å²) in [5, 5.41) is 23.0. The number of hydrogen-bond donors (Lipinski definition) is 3. The van der Waals surface area contributed by atoms with Gasteiger partial charge in [-0.3, -0.25) is 9.59 Å². The molecule has 1 amide bonds. The molecule has 0 spiro atoms. The molecular formula is C64H119NO5. The molecule has 0 aromatic rings. The van der Waals surface area contributed by atoms with Gasteiger partial charge in [-0.05, 0) is 89.9 Å². The van der Waals surface area contributed by atoms with Gasteiger partial charge >= 0.3 is 5.97 Å². The van der Waals surface area contributed by atoms with Crippen molar-refractivity contribution >= 4 is 11.9 Å². The van der Waals surface area contributed by atoms with E-state index in [4.69, 9.17) is 4.74 Å². The summed E-state index contributed by atoms with van der Waals surface area (Å²) in [7, 11) is 0. The number of nitrogens with one attached hydrogen (secondary N) is 1. The van der Waals surface area contributed by atoms with Gasteiger partial charge in [0.2, 0.25) is 5.91 Å². The fraction of sp³-hybridized carbons (Fsp3) is 0.844. The Morgan fingerprint density at radius 1 is 0.400 bits per heavy atom. The van der Waals surface area contributed by atoms with Crippen LogP contribution in [0.1, 0.15) is 322 Å². The van der Waals surface area contributed by atoms with Gasteiger partial charge in [0.15, 0.2) is 0 Å². The molecule has 6 nitrogen and oxygen atoms in total. The van der Waals surface area contributed by atoms with E-state index in [1.165, 1.54) is 244 Å². The third-order valence-electron chi connectivity index (χ3n) is 14.1. The zero-order valence-electron chi connectivity index (χ0n) is 46.7. The van der Waals surface area contributed by atoms with Gasteiger partial charge in [0.1, 0.15) is 0 Å². The van der Waals surface area contributed by atoms with Crippen LogP contribution in [-0.2, 0) is 14.3 Å². The Bertz CT molecular complexity index is 1180. The van der Waals surface area contributed by atoms with Crippen molar-refractivity contribution in [2.45, 2.75) is 334 Å². The van der Waals surface area contributed by atoms with E-state index in [0.29, 0.717) is 19.4 Å². The number of allylic oxidation sites excluding steroid dienone is 7. The third-order valence-corrected chi connectivity index (χ3v) is 14.1. The molecule has 0 saturated carbocycles. The van der Waals surface area contributed by atoms with Gasteiger partial charge < -0.3 is 20.3 Å². The molecule has 6 heteroatoms. The number of unbranched alkanes of at least 4 members (excludes halogenated alkanes) is 40. The lowest BCUT2D eigenvalue weighted by molar-refractivity contribution is -0.143. The summed E-state index contributed by atoms with van der Waals surface area (Å²) < 4.78 is 5.49. The van der Waals surface area contributed by atoms with Crippen LogP contribution in [0.15, 0.2) is 48.6 Å². The lowest BCUT2D eigenvalue weighted by Crippen LogP contribution is -2.45. The summed E-state index contributed by atoms with van der Waals surface area (Å²) in [6.07, 6.45) is 75.8. The smallest absolute Gasteiger partial charge is 0.305 e. The van der Waals surface area contributed by atoms with Crippen molar-refractivity contribution in [3.63, 3.8) is 0 Å². The number of aliphatic hydroxyl groups is 2. The van der Waals surface area contributed by atoms with Gasteiger partial charge in [-0.2, -0.15) is 0 Å². The predicted molar refractivity (Wildman–Crippen MR) is 306 cm³/mol. The molecule has 0 aliphatic carbocycles. The lowest BCUT2D eigenvalue weighted by atomic mass is 10.0. The first-order valence-electron chi connectivity index (χ1n) is 30.9. The molecule has 0 saturated heterocycles. The normalized spacial score (nSPS) is 12.9. The average molecular weight is 983 g/mol. The highest BCUT2D eigenvalue weighted by molar-refractivity contribution is 5.76. The maximum absolute atomic E-state index is 12.4. The van der Waals surface area contributed by atoms with E-state index in [9.17, 15) is 19.8 Å². The Morgan fingerprint density at radius 3 is 1.13 bits per heavy atom. The van der Waals surface area contributed by atoms with Gasteiger partial charge in [0.05, 0.1) is 25.4 Å². The Balaban J connectivity index is 3.41. The highest BCUT2D eigenvalue weighted by Crippen LogP contribution is 2.16. The Hall–Kier alpha value is -2.18. The minimum atomic E-state index is -0.847. The summed E-state index contributed by atoms with van der Waals surface area (Å²) in [5.74, 6) is -0.0695. The third kappa shape index (κ3) is 55.1. The van der Waals surface area contributed by atoms with E-state index >= 15 is 0 Å². The van der Waals surface area contributed by atoms with Gasteiger partial charge in [-0.15, -0.1) is 0 Å². The second-order valence-corrected chi connectivity index (χ2v) is 21.0. The molecule has 410 valence electrons. The summed E-state index contributed by atoms with van der Waals surface area (Å²) in [6, 6.07) is -0.631. The number of amides is 1. The summed E-state index contributed by atoms with van der Waals surface area (Å²) in [6.45, 7) is 4.87. The molecule has 0 radical (unpaired) electrons. The molecule has 0 heterocycles. The van der Waals surface area contributed by atoms with E-state index in [-0.39, 0.29) is 18.5 Å². The molecule has 2 unspecified atom stereocenters. The minimum absolute atomic E-state index is 0.00388. The molecule has 70 heavy (non-hydrogen) atoms. The number of carbonyl (C=O) groups is 2. The zero-order valence-corrected chi connectivity index (χ0v) is 46.7. The van der Waals surface area contributed by atoms with Crippen LogP contribution in [0.5, 0.6) is 0 Å². The van der Waals surface area contributed by atoms with Crippen molar-refractivity contribution in [2.75, 3.05) is 13.2 Å². The summed E-state index contributed by atoms with van der Waals surface area (Å²) in [4.78, 5) is 24.5. The molecule has 0 aliphatic heterocycles. The first-order chi connectivity index (χ1) is 34.5. The summed E-state index contributed by atoms with van der Waals surface area (Å²) in [5.41, 5.74) is 0.